The SMILES string of the molecule is Cc1cnccc1-c1ccc(C[n+]2cc(NC(=O)Nc3cccc(C(F)(F)F)c3)on2)nc1. The summed E-state index contributed by atoms with van der Waals surface area (Å²) in [5, 5.41) is 8.52. The smallest absolute Gasteiger partial charge is 0.308 e. The summed E-state index contributed by atoms with van der Waals surface area (Å²) >= 11 is 0. The number of benzene rings is 1. The lowest BCUT2D eigenvalue weighted by atomic mass is 10.0. The van der Waals surface area contributed by atoms with Crippen LogP contribution in [0.2, 0.25) is 0 Å². The maximum absolute atomic E-state index is 12.8. The maximum atomic E-state index is 12.8. The van der Waals surface area contributed by atoms with Gasteiger partial charge in [0.05, 0.1) is 5.56 Å². The molecular weight excluding hydrogens is 437 g/mol. The van der Waals surface area contributed by atoms with Crippen LogP contribution in [0.15, 0.2) is 71.8 Å². The van der Waals surface area contributed by atoms with Crippen molar-refractivity contribution in [1.29, 1.82) is 0 Å². The molecule has 0 aliphatic rings. The van der Waals surface area contributed by atoms with Crippen molar-refractivity contribution in [2.24, 2.45) is 0 Å². The first kappa shape index (κ1) is 21.9. The molecule has 0 spiro atoms. The molecule has 2 amide bonds. The van der Waals surface area contributed by atoms with Crippen molar-refractivity contribution in [1.82, 2.24) is 15.2 Å². The highest BCUT2D eigenvalue weighted by Crippen LogP contribution is 2.30. The molecule has 3 heterocycles. The van der Waals surface area contributed by atoms with Crippen molar-refractivity contribution in [3.05, 3.63) is 84.1 Å². The van der Waals surface area contributed by atoms with Gasteiger partial charge in [0.15, 0.2) is 0 Å². The summed E-state index contributed by atoms with van der Waals surface area (Å²) in [5.74, 6) is 0.0171. The largest absolute Gasteiger partial charge is 0.416 e. The molecule has 0 atom stereocenters. The number of nitrogens with one attached hydrogen (secondary N) is 2. The molecule has 1 aromatic carbocycles. The van der Waals surface area contributed by atoms with Gasteiger partial charge in [0, 0.05) is 29.8 Å². The van der Waals surface area contributed by atoms with Gasteiger partial charge in [0.2, 0.25) is 11.8 Å². The van der Waals surface area contributed by atoms with Crippen LogP contribution < -0.4 is 15.3 Å². The highest BCUT2D eigenvalue weighted by Gasteiger charge is 2.30. The summed E-state index contributed by atoms with van der Waals surface area (Å²) in [4.78, 5) is 20.6. The molecule has 4 aromatic rings. The molecule has 0 fully saturated rings. The maximum Gasteiger partial charge on any atom is 0.416 e. The van der Waals surface area contributed by atoms with Crippen LogP contribution in [-0.2, 0) is 12.7 Å². The quantitative estimate of drug-likeness (QED) is 0.434. The molecule has 8 nitrogen and oxygen atoms in total. The Bertz CT molecular complexity index is 1270. The third-order valence-corrected chi connectivity index (χ3v) is 4.67. The van der Waals surface area contributed by atoms with Gasteiger partial charge in [-0.2, -0.15) is 13.2 Å². The van der Waals surface area contributed by atoms with E-state index in [9.17, 15) is 18.0 Å². The monoisotopic (exact) mass is 455 g/mol. The lowest BCUT2D eigenvalue weighted by molar-refractivity contribution is -0.755. The van der Waals surface area contributed by atoms with E-state index in [4.69, 9.17) is 4.52 Å². The fourth-order valence-corrected chi connectivity index (χ4v) is 3.10. The van der Waals surface area contributed by atoms with E-state index in [1.54, 1.807) is 18.6 Å². The Morgan fingerprint density at radius 2 is 1.97 bits per heavy atom. The first-order valence-electron chi connectivity index (χ1n) is 9.75. The number of aryl methyl sites for hydroxylation is 1. The Kier molecular flexibility index (Phi) is 6.03. The van der Waals surface area contributed by atoms with Crippen molar-refractivity contribution >= 4 is 17.6 Å². The number of alkyl halides is 3. The van der Waals surface area contributed by atoms with Crippen LogP contribution in [0.1, 0.15) is 16.8 Å². The molecule has 0 aliphatic carbocycles. The zero-order valence-corrected chi connectivity index (χ0v) is 17.3. The second-order valence-corrected chi connectivity index (χ2v) is 7.15. The molecular formula is C22H18F3N6O2+. The fraction of sp³-hybridized carbons (Fsp3) is 0.136. The molecule has 2 N–H and O–H groups in total. The summed E-state index contributed by atoms with van der Waals surface area (Å²) in [5.41, 5.74) is 2.87. The summed E-state index contributed by atoms with van der Waals surface area (Å²) in [7, 11) is 0. The summed E-state index contributed by atoms with van der Waals surface area (Å²) in [6.45, 7) is 2.26. The topological polar surface area (TPSA) is 96.8 Å². The molecule has 0 radical (unpaired) electrons. The van der Waals surface area contributed by atoms with Crippen LogP contribution in [0.5, 0.6) is 0 Å². The van der Waals surface area contributed by atoms with Gasteiger partial charge in [-0.15, -0.1) is 0 Å². The number of amides is 2. The number of aromatic nitrogens is 4. The molecule has 11 heteroatoms. The van der Waals surface area contributed by atoms with E-state index in [0.29, 0.717) is 5.69 Å². The molecule has 168 valence electrons. The number of halogens is 3. The zero-order valence-electron chi connectivity index (χ0n) is 17.3. The van der Waals surface area contributed by atoms with E-state index >= 15 is 0 Å². The minimum Gasteiger partial charge on any atom is -0.308 e. The summed E-state index contributed by atoms with van der Waals surface area (Å²) < 4.78 is 44.9. The van der Waals surface area contributed by atoms with E-state index in [1.165, 1.54) is 23.0 Å². The first-order chi connectivity index (χ1) is 15.8. The molecule has 4 rings (SSSR count). The predicted molar refractivity (Wildman–Crippen MR) is 112 cm³/mol. The zero-order chi connectivity index (χ0) is 23.4. The number of hydrogen-bond acceptors (Lipinski definition) is 5. The van der Waals surface area contributed by atoms with E-state index in [2.05, 4.69) is 25.9 Å². The van der Waals surface area contributed by atoms with Gasteiger partial charge < -0.3 is 5.32 Å². The van der Waals surface area contributed by atoms with Gasteiger partial charge >= 0.3 is 18.1 Å². The van der Waals surface area contributed by atoms with Crippen LogP contribution >= 0.6 is 0 Å². The second kappa shape index (κ2) is 9.07. The normalized spacial score (nSPS) is 11.3. The number of hydrogen-bond donors (Lipinski definition) is 2. The van der Waals surface area contributed by atoms with Crippen LogP contribution in [0.25, 0.3) is 11.1 Å². The fourth-order valence-electron chi connectivity index (χ4n) is 3.10. The van der Waals surface area contributed by atoms with Gasteiger partial charge in [-0.3, -0.25) is 19.8 Å². The number of rotatable bonds is 5. The molecule has 0 aliphatic heterocycles. The van der Waals surface area contributed by atoms with E-state index < -0.39 is 17.8 Å². The third-order valence-electron chi connectivity index (χ3n) is 4.67. The lowest BCUT2D eigenvalue weighted by Gasteiger charge is -2.09. The number of nitrogens with zero attached hydrogens (tertiary/aromatic N) is 4. The highest BCUT2D eigenvalue weighted by atomic mass is 19.4. The van der Waals surface area contributed by atoms with Crippen molar-refractivity contribution < 1.29 is 27.2 Å². The molecule has 33 heavy (non-hydrogen) atoms. The number of pyridine rings is 2. The third kappa shape index (κ3) is 5.50. The van der Waals surface area contributed by atoms with Gasteiger partial charge in [0.1, 0.15) is 5.69 Å². The van der Waals surface area contributed by atoms with Gasteiger partial charge in [-0.1, -0.05) is 12.1 Å². The molecule has 0 saturated heterocycles. The van der Waals surface area contributed by atoms with Crippen LogP contribution in [0.4, 0.5) is 29.5 Å². The lowest BCUT2D eigenvalue weighted by Crippen LogP contribution is -2.35. The Morgan fingerprint density at radius 3 is 2.70 bits per heavy atom. The number of carbonyl (C=O) groups excluding carboxylic acids is 1. The second-order valence-electron chi connectivity index (χ2n) is 7.15. The van der Waals surface area contributed by atoms with Gasteiger partial charge in [-0.25, -0.2) is 4.79 Å². The van der Waals surface area contributed by atoms with Crippen LogP contribution in [0, 0.1) is 6.92 Å². The van der Waals surface area contributed by atoms with Crippen LogP contribution in [0.3, 0.4) is 0 Å². The Labute approximate surface area is 186 Å². The minimum atomic E-state index is -4.51. The summed E-state index contributed by atoms with van der Waals surface area (Å²) in [6, 6.07) is 9.24. The Hall–Kier alpha value is -4.28. The highest BCUT2D eigenvalue weighted by molar-refractivity contribution is 5.98. The summed E-state index contributed by atoms with van der Waals surface area (Å²) in [6.07, 6.45) is 2.19. The Morgan fingerprint density at radius 1 is 1.12 bits per heavy atom. The van der Waals surface area contributed by atoms with Gasteiger partial charge in [-0.05, 0) is 53.1 Å². The molecule has 0 unspecified atom stereocenters. The first-order valence-corrected chi connectivity index (χ1v) is 9.75. The number of urea groups is 1. The predicted octanol–water partition coefficient (Wildman–Crippen LogP) is 4.44. The van der Waals surface area contributed by atoms with Crippen molar-refractivity contribution in [2.75, 3.05) is 10.6 Å². The Balaban J connectivity index is 1.36. The van der Waals surface area contributed by atoms with E-state index in [-0.39, 0.29) is 18.1 Å². The van der Waals surface area contributed by atoms with Gasteiger partial charge in [0.25, 0.3) is 6.20 Å². The molecule has 3 aromatic heterocycles. The van der Waals surface area contributed by atoms with Crippen molar-refractivity contribution in [3.63, 3.8) is 0 Å². The average molecular weight is 455 g/mol. The van der Waals surface area contributed by atoms with E-state index in [0.717, 1.165) is 28.8 Å². The standard InChI is InChI=1S/C22H17F3N6O2/c1-14-10-26-8-7-19(14)15-5-6-18(27-11-15)12-31-13-20(33-30-31)29-21(32)28-17-4-2-3-16(9-17)22(23,24)25/h2-11,13H,12H2,1H3,(H-,28,29,30,32)/p+1. The van der Waals surface area contributed by atoms with E-state index in [1.807, 2.05) is 25.1 Å². The van der Waals surface area contributed by atoms with Crippen molar-refractivity contribution in [2.45, 2.75) is 19.6 Å². The van der Waals surface area contributed by atoms with Crippen LogP contribution in [-0.4, -0.2) is 21.3 Å². The molecule has 0 saturated carbocycles. The number of anilines is 2. The van der Waals surface area contributed by atoms with Crippen molar-refractivity contribution in [3.8, 4) is 11.1 Å². The molecule has 0 bridgehead atoms. The number of carbonyl (C=O) groups is 1. The minimum absolute atomic E-state index is 0.0107. The average Bonchev–Trinajstić information content (AvgIpc) is 3.21.